The van der Waals surface area contributed by atoms with Gasteiger partial charge in [0, 0.05) is 16.7 Å². The summed E-state index contributed by atoms with van der Waals surface area (Å²) in [6, 6.07) is 18.6. The molecule has 0 amide bonds. The van der Waals surface area contributed by atoms with E-state index < -0.39 is 0 Å². The first kappa shape index (κ1) is 14.8. The molecule has 0 saturated carbocycles. The maximum Gasteiger partial charge on any atom is 0.0709 e. The quantitative estimate of drug-likeness (QED) is 0.336. The van der Waals surface area contributed by atoms with Gasteiger partial charge in [0.1, 0.15) is 0 Å². The van der Waals surface area contributed by atoms with Crippen molar-refractivity contribution < 1.29 is 0 Å². The number of unbranched alkanes of at least 4 members (excludes halogenated alkanes) is 2. The van der Waals surface area contributed by atoms with Gasteiger partial charge in [0.15, 0.2) is 0 Å². The van der Waals surface area contributed by atoms with Crippen LogP contribution in [0.3, 0.4) is 0 Å². The highest BCUT2D eigenvalue weighted by atomic mass is 35.5. The Kier molecular flexibility index (Phi) is 5.82. The largest absolute Gasteiger partial charge is 0.248 e. The first-order valence-corrected chi connectivity index (χ1v) is 7.69. The van der Waals surface area contributed by atoms with Crippen molar-refractivity contribution in [2.24, 2.45) is 0 Å². The Labute approximate surface area is 125 Å². The predicted molar refractivity (Wildman–Crippen MR) is 89.5 cm³/mol. The zero-order valence-corrected chi connectivity index (χ0v) is 12.6. The van der Waals surface area contributed by atoms with Crippen LogP contribution in [0.25, 0.3) is 21.8 Å². The van der Waals surface area contributed by atoms with E-state index in [1.807, 2.05) is 36.4 Å². The number of halogens is 1. The maximum atomic E-state index is 5.38. The molecule has 0 fully saturated rings. The average Bonchev–Trinajstić information content (AvgIpc) is 2.51. The maximum absolute atomic E-state index is 5.38. The van der Waals surface area contributed by atoms with Crippen molar-refractivity contribution in [2.75, 3.05) is 5.88 Å². The first-order valence-electron chi connectivity index (χ1n) is 7.15. The Balaban J connectivity index is 0.000000212. The van der Waals surface area contributed by atoms with Crippen LogP contribution in [-0.4, -0.2) is 10.9 Å². The standard InChI is InChI=1S/C13H9N.C5H11Cl/c1-3-7-12-10(5-1)9-11-6-2-4-8-13(11)14-12;1-2-3-4-5-6/h1-9H;2-5H2,1H3. The fourth-order valence-corrected chi connectivity index (χ4v) is 2.25. The third kappa shape index (κ3) is 3.94. The Morgan fingerprint density at radius 1 is 0.850 bits per heavy atom. The van der Waals surface area contributed by atoms with E-state index in [2.05, 4.69) is 30.1 Å². The van der Waals surface area contributed by atoms with E-state index >= 15 is 0 Å². The lowest BCUT2D eigenvalue weighted by molar-refractivity contribution is 0.776. The molecule has 3 rings (SSSR count). The van der Waals surface area contributed by atoms with E-state index in [0.29, 0.717) is 0 Å². The molecule has 2 aromatic carbocycles. The van der Waals surface area contributed by atoms with Gasteiger partial charge in [-0.2, -0.15) is 0 Å². The van der Waals surface area contributed by atoms with Crippen LogP contribution in [0.2, 0.25) is 0 Å². The van der Waals surface area contributed by atoms with Crippen molar-refractivity contribution in [3.8, 4) is 0 Å². The zero-order chi connectivity index (χ0) is 14.2. The molecule has 20 heavy (non-hydrogen) atoms. The van der Waals surface area contributed by atoms with Crippen molar-refractivity contribution >= 4 is 33.4 Å². The number of fused-ring (bicyclic) bond motifs is 2. The van der Waals surface area contributed by atoms with E-state index in [1.54, 1.807) is 0 Å². The molecular formula is C18H20ClN. The minimum atomic E-state index is 0.827. The number of hydrogen-bond donors (Lipinski definition) is 0. The van der Waals surface area contributed by atoms with E-state index in [9.17, 15) is 0 Å². The second-order valence-electron chi connectivity index (χ2n) is 4.77. The van der Waals surface area contributed by atoms with Gasteiger partial charge in [0.05, 0.1) is 11.0 Å². The molecule has 0 atom stereocenters. The number of benzene rings is 2. The molecule has 104 valence electrons. The summed E-state index contributed by atoms with van der Waals surface area (Å²) in [6.45, 7) is 2.17. The molecule has 2 heteroatoms. The number of hydrogen-bond acceptors (Lipinski definition) is 1. The molecule has 0 aliphatic heterocycles. The lowest BCUT2D eigenvalue weighted by Crippen LogP contribution is -1.80. The SMILES string of the molecule is CCCCCCl.c1ccc2nc3ccccc3cc2c1. The summed E-state index contributed by atoms with van der Waals surface area (Å²) < 4.78 is 0. The second-order valence-corrected chi connectivity index (χ2v) is 5.15. The van der Waals surface area contributed by atoms with Gasteiger partial charge in [-0.15, -0.1) is 11.6 Å². The molecule has 0 aliphatic rings. The topological polar surface area (TPSA) is 12.9 Å². The Morgan fingerprint density at radius 2 is 1.40 bits per heavy atom. The lowest BCUT2D eigenvalue weighted by Gasteiger charge is -1.99. The summed E-state index contributed by atoms with van der Waals surface area (Å²) in [4.78, 5) is 4.58. The number of para-hydroxylation sites is 2. The minimum absolute atomic E-state index is 0.827. The molecule has 0 bridgehead atoms. The summed E-state index contributed by atoms with van der Waals surface area (Å²) >= 11 is 5.38. The Morgan fingerprint density at radius 3 is 1.85 bits per heavy atom. The highest BCUT2D eigenvalue weighted by Gasteiger charge is 1.96. The van der Waals surface area contributed by atoms with Crippen molar-refractivity contribution in [1.29, 1.82) is 0 Å². The predicted octanol–water partition coefficient (Wildman–Crippen LogP) is 5.80. The number of nitrogens with zero attached hydrogens (tertiary/aromatic N) is 1. The first-order chi connectivity index (χ1) is 9.85. The molecule has 0 saturated heterocycles. The molecule has 3 aromatic rings. The van der Waals surface area contributed by atoms with Gasteiger partial charge in [-0.25, -0.2) is 4.98 Å². The van der Waals surface area contributed by atoms with Crippen LogP contribution >= 0.6 is 11.6 Å². The van der Waals surface area contributed by atoms with E-state index in [-0.39, 0.29) is 0 Å². The summed E-state index contributed by atoms with van der Waals surface area (Å²) in [5, 5.41) is 2.40. The van der Waals surface area contributed by atoms with Crippen molar-refractivity contribution in [2.45, 2.75) is 26.2 Å². The third-order valence-corrected chi connectivity index (χ3v) is 3.43. The summed E-state index contributed by atoms with van der Waals surface area (Å²) in [7, 11) is 0. The highest BCUT2D eigenvalue weighted by molar-refractivity contribution is 6.17. The van der Waals surface area contributed by atoms with Gasteiger partial charge in [-0.05, 0) is 24.6 Å². The fourth-order valence-electron chi connectivity index (χ4n) is 2.06. The molecule has 1 heterocycles. The Hall–Kier alpha value is -1.60. The number of alkyl halides is 1. The molecule has 1 nitrogen and oxygen atoms in total. The van der Waals surface area contributed by atoms with Crippen LogP contribution in [0.4, 0.5) is 0 Å². The molecule has 0 radical (unpaired) electrons. The molecule has 0 spiro atoms. The molecule has 1 aromatic heterocycles. The lowest BCUT2D eigenvalue weighted by atomic mass is 10.1. The fraction of sp³-hybridized carbons (Fsp3) is 0.278. The van der Waals surface area contributed by atoms with Gasteiger partial charge < -0.3 is 0 Å². The normalized spacial score (nSPS) is 10.3. The highest BCUT2D eigenvalue weighted by Crippen LogP contribution is 2.18. The van der Waals surface area contributed by atoms with Gasteiger partial charge in [0.2, 0.25) is 0 Å². The van der Waals surface area contributed by atoms with Gasteiger partial charge in [-0.1, -0.05) is 56.2 Å². The Bertz CT molecular complexity index is 554. The van der Waals surface area contributed by atoms with Crippen molar-refractivity contribution in [3.63, 3.8) is 0 Å². The zero-order valence-electron chi connectivity index (χ0n) is 11.8. The molecule has 0 unspecified atom stereocenters. The van der Waals surface area contributed by atoms with E-state index in [4.69, 9.17) is 11.6 Å². The number of rotatable bonds is 3. The molecular weight excluding hydrogens is 266 g/mol. The third-order valence-electron chi connectivity index (χ3n) is 3.16. The minimum Gasteiger partial charge on any atom is -0.248 e. The smallest absolute Gasteiger partial charge is 0.0709 e. The summed E-state index contributed by atoms with van der Waals surface area (Å²) in [5.74, 6) is 0.827. The van der Waals surface area contributed by atoms with Crippen LogP contribution in [-0.2, 0) is 0 Å². The van der Waals surface area contributed by atoms with Gasteiger partial charge >= 0.3 is 0 Å². The summed E-state index contributed by atoms with van der Waals surface area (Å²) in [6.07, 6.45) is 3.73. The van der Waals surface area contributed by atoms with Gasteiger partial charge in [-0.3, -0.25) is 0 Å². The van der Waals surface area contributed by atoms with Gasteiger partial charge in [0.25, 0.3) is 0 Å². The van der Waals surface area contributed by atoms with E-state index in [1.165, 1.54) is 30.0 Å². The van der Waals surface area contributed by atoms with Crippen LogP contribution in [0, 0.1) is 0 Å². The molecule has 0 N–H and O–H groups in total. The van der Waals surface area contributed by atoms with Crippen molar-refractivity contribution in [3.05, 3.63) is 54.6 Å². The van der Waals surface area contributed by atoms with Crippen LogP contribution in [0.15, 0.2) is 54.6 Å². The second kappa shape index (κ2) is 7.86. The molecule has 0 aliphatic carbocycles. The van der Waals surface area contributed by atoms with Crippen molar-refractivity contribution in [1.82, 2.24) is 4.98 Å². The van der Waals surface area contributed by atoms with E-state index in [0.717, 1.165) is 16.9 Å². The summed E-state index contributed by atoms with van der Waals surface area (Å²) in [5.41, 5.74) is 2.12. The van der Waals surface area contributed by atoms with Crippen LogP contribution < -0.4 is 0 Å². The monoisotopic (exact) mass is 285 g/mol. The van der Waals surface area contributed by atoms with Crippen LogP contribution in [0.1, 0.15) is 26.2 Å². The van der Waals surface area contributed by atoms with Crippen LogP contribution in [0.5, 0.6) is 0 Å². The average molecular weight is 286 g/mol. The number of pyridine rings is 1. The number of aromatic nitrogens is 1.